The maximum Gasteiger partial charge on any atom is 0.257 e. The van der Waals surface area contributed by atoms with Crippen molar-refractivity contribution in [3.63, 3.8) is 0 Å². The molecule has 0 atom stereocenters. The molecule has 0 aliphatic heterocycles. The zero-order chi connectivity index (χ0) is 15.4. The highest BCUT2D eigenvalue weighted by atomic mass is 35.5. The average Bonchev–Trinajstić information content (AvgIpc) is 2.42. The van der Waals surface area contributed by atoms with Crippen molar-refractivity contribution in [1.29, 1.82) is 0 Å². The summed E-state index contributed by atoms with van der Waals surface area (Å²) in [7, 11) is 0. The number of rotatable bonds is 2. The predicted octanol–water partition coefficient (Wildman–Crippen LogP) is 4.77. The monoisotopic (exact) mass is 358 g/mol. The molecular formula is C14H9Cl3N2OS. The minimum absolute atomic E-state index is 0.129. The quantitative estimate of drug-likeness (QED) is 0.759. The minimum Gasteiger partial charge on any atom is -0.331 e. The molecule has 108 valence electrons. The molecule has 0 saturated carbocycles. The Balaban J connectivity index is 2.03. The number of nitrogens with one attached hydrogen (secondary N) is 2. The van der Waals surface area contributed by atoms with Gasteiger partial charge in [-0.3, -0.25) is 10.1 Å². The lowest BCUT2D eigenvalue weighted by Crippen LogP contribution is -2.34. The van der Waals surface area contributed by atoms with Gasteiger partial charge >= 0.3 is 0 Å². The van der Waals surface area contributed by atoms with Crippen LogP contribution < -0.4 is 10.6 Å². The van der Waals surface area contributed by atoms with Gasteiger partial charge in [0.1, 0.15) is 0 Å². The molecule has 0 aromatic heterocycles. The fourth-order valence-electron chi connectivity index (χ4n) is 1.55. The second kappa shape index (κ2) is 7.09. The zero-order valence-electron chi connectivity index (χ0n) is 10.5. The summed E-state index contributed by atoms with van der Waals surface area (Å²) in [4.78, 5) is 12.0. The Kier molecular flexibility index (Phi) is 5.42. The van der Waals surface area contributed by atoms with Crippen molar-refractivity contribution in [3.8, 4) is 0 Å². The molecule has 0 aliphatic carbocycles. The average molecular weight is 360 g/mol. The van der Waals surface area contributed by atoms with Gasteiger partial charge in [0, 0.05) is 15.6 Å². The number of halogens is 3. The normalized spacial score (nSPS) is 10.0. The summed E-state index contributed by atoms with van der Waals surface area (Å²) in [6, 6.07) is 11.5. The highest BCUT2D eigenvalue weighted by Gasteiger charge is 2.09. The molecule has 7 heteroatoms. The topological polar surface area (TPSA) is 41.1 Å². The second-order valence-electron chi connectivity index (χ2n) is 4.04. The van der Waals surface area contributed by atoms with Crippen LogP contribution in [0.2, 0.25) is 15.1 Å². The van der Waals surface area contributed by atoms with Crippen LogP contribution in [-0.2, 0) is 0 Å². The van der Waals surface area contributed by atoms with Crippen molar-refractivity contribution in [2.45, 2.75) is 0 Å². The van der Waals surface area contributed by atoms with E-state index in [1.807, 2.05) is 0 Å². The Labute approximate surface area is 142 Å². The van der Waals surface area contributed by atoms with Gasteiger partial charge in [0.05, 0.1) is 10.7 Å². The lowest BCUT2D eigenvalue weighted by Gasteiger charge is -2.11. The van der Waals surface area contributed by atoms with E-state index >= 15 is 0 Å². The van der Waals surface area contributed by atoms with Crippen molar-refractivity contribution in [3.05, 3.63) is 63.1 Å². The van der Waals surface area contributed by atoms with Crippen LogP contribution in [0.25, 0.3) is 0 Å². The summed E-state index contributed by atoms with van der Waals surface area (Å²) in [5, 5.41) is 6.89. The van der Waals surface area contributed by atoms with Gasteiger partial charge in [-0.1, -0.05) is 40.9 Å². The van der Waals surface area contributed by atoms with Crippen LogP contribution in [0, 0.1) is 0 Å². The molecule has 0 bridgehead atoms. The fraction of sp³-hybridized carbons (Fsp3) is 0. The summed E-state index contributed by atoms with van der Waals surface area (Å²) >= 11 is 22.7. The first kappa shape index (κ1) is 16.0. The Hall–Kier alpha value is -1.33. The number of hydrogen-bond acceptors (Lipinski definition) is 2. The van der Waals surface area contributed by atoms with E-state index in [2.05, 4.69) is 10.6 Å². The van der Waals surface area contributed by atoms with Gasteiger partial charge in [0.15, 0.2) is 5.11 Å². The molecule has 1 amide bonds. The maximum absolute atomic E-state index is 12.0. The highest BCUT2D eigenvalue weighted by molar-refractivity contribution is 7.80. The van der Waals surface area contributed by atoms with E-state index in [4.69, 9.17) is 47.0 Å². The minimum atomic E-state index is -0.361. The fourth-order valence-corrected chi connectivity index (χ4v) is 2.40. The summed E-state index contributed by atoms with van der Waals surface area (Å²) in [6.07, 6.45) is 0. The highest BCUT2D eigenvalue weighted by Crippen LogP contribution is 2.25. The van der Waals surface area contributed by atoms with Crippen LogP contribution in [-0.4, -0.2) is 11.0 Å². The maximum atomic E-state index is 12.0. The number of hydrogen-bond donors (Lipinski definition) is 2. The molecule has 2 rings (SSSR count). The van der Waals surface area contributed by atoms with Crippen molar-refractivity contribution in [2.75, 3.05) is 5.32 Å². The van der Waals surface area contributed by atoms with Gasteiger partial charge in [0.25, 0.3) is 5.91 Å². The summed E-state index contributed by atoms with van der Waals surface area (Å²) in [5.74, 6) is -0.361. The van der Waals surface area contributed by atoms with E-state index in [1.165, 1.54) is 0 Å². The Morgan fingerprint density at radius 2 is 1.71 bits per heavy atom. The van der Waals surface area contributed by atoms with Crippen LogP contribution in [0.5, 0.6) is 0 Å². The molecule has 2 aromatic carbocycles. The van der Waals surface area contributed by atoms with Gasteiger partial charge < -0.3 is 5.32 Å². The van der Waals surface area contributed by atoms with Crippen LogP contribution in [0.4, 0.5) is 5.69 Å². The van der Waals surface area contributed by atoms with Crippen LogP contribution >= 0.6 is 47.0 Å². The molecule has 0 radical (unpaired) electrons. The van der Waals surface area contributed by atoms with Crippen LogP contribution in [0.1, 0.15) is 10.4 Å². The molecule has 0 fully saturated rings. The van der Waals surface area contributed by atoms with Gasteiger partial charge in [-0.05, 0) is 48.6 Å². The molecule has 21 heavy (non-hydrogen) atoms. The Bertz CT molecular complexity index is 706. The van der Waals surface area contributed by atoms with Crippen LogP contribution in [0.3, 0.4) is 0 Å². The first-order chi connectivity index (χ1) is 9.95. The standard InChI is InChI=1S/C14H9Cl3N2OS/c15-9-3-1-2-8(6-9)13(20)19-14(21)18-12-5-4-10(16)7-11(12)17/h1-7H,(H2,18,19,20,21). The molecule has 0 saturated heterocycles. The van der Waals surface area contributed by atoms with Crippen molar-refractivity contribution in [1.82, 2.24) is 5.32 Å². The number of amides is 1. The van der Waals surface area contributed by atoms with E-state index in [0.29, 0.717) is 26.3 Å². The van der Waals surface area contributed by atoms with Crippen LogP contribution in [0.15, 0.2) is 42.5 Å². The first-order valence-electron chi connectivity index (χ1n) is 5.78. The Morgan fingerprint density at radius 3 is 2.38 bits per heavy atom. The van der Waals surface area contributed by atoms with Crippen molar-refractivity contribution >= 4 is 63.7 Å². The van der Waals surface area contributed by atoms with E-state index in [-0.39, 0.29) is 11.0 Å². The molecule has 2 N–H and O–H groups in total. The van der Waals surface area contributed by atoms with E-state index in [9.17, 15) is 4.79 Å². The number of carbonyl (C=O) groups is 1. The number of anilines is 1. The van der Waals surface area contributed by atoms with Crippen molar-refractivity contribution < 1.29 is 4.79 Å². The lowest BCUT2D eigenvalue weighted by molar-refractivity contribution is 0.0977. The second-order valence-corrected chi connectivity index (χ2v) is 5.73. The smallest absolute Gasteiger partial charge is 0.257 e. The predicted molar refractivity (Wildman–Crippen MR) is 91.6 cm³/mol. The first-order valence-corrected chi connectivity index (χ1v) is 7.33. The number of carbonyl (C=O) groups excluding carboxylic acids is 1. The molecule has 2 aromatic rings. The van der Waals surface area contributed by atoms with Gasteiger partial charge in [-0.25, -0.2) is 0 Å². The van der Waals surface area contributed by atoms with Crippen molar-refractivity contribution in [2.24, 2.45) is 0 Å². The largest absolute Gasteiger partial charge is 0.331 e. The molecule has 0 spiro atoms. The number of benzene rings is 2. The third kappa shape index (κ3) is 4.58. The summed E-state index contributed by atoms with van der Waals surface area (Å²) in [5.41, 5.74) is 0.964. The number of thiocarbonyl (C=S) groups is 1. The zero-order valence-corrected chi connectivity index (χ0v) is 13.6. The Morgan fingerprint density at radius 1 is 1.00 bits per heavy atom. The molecule has 3 nitrogen and oxygen atoms in total. The lowest BCUT2D eigenvalue weighted by atomic mass is 10.2. The molecule has 0 unspecified atom stereocenters. The van der Waals surface area contributed by atoms with E-state index in [1.54, 1.807) is 42.5 Å². The van der Waals surface area contributed by atoms with Gasteiger partial charge in [-0.15, -0.1) is 0 Å². The summed E-state index contributed by atoms with van der Waals surface area (Å²) < 4.78 is 0. The molecule has 0 aliphatic rings. The van der Waals surface area contributed by atoms with E-state index in [0.717, 1.165) is 0 Å². The van der Waals surface area contributed by atoms with Gasteiger partial charge in [0.2, 0.25) is 0 Å². The third-order valence-electron chi connectivity index (χ3n) is 2.49. The third-order valence-corrected chi connectivity index (χ3v) is 3.48. The summed E-state index contributed by atoms with van der Waals surface area (Å²) in [6.45, 7) is 0. The van der Waals surface area contributed by atoms with E-state index < -0.39 is 0 Å². The molecular weight excluding hydrogens is 351 g/mol. The van der Waals surface area contributed by atoms with Gasteiger partial charge in [-0.2, -0.15) is 0 Å². The molecule has 0 heterocycles. The SMILES string of the molecule is O=C(NC(=S)Nc1ccc(Cl)cc1Cl)c1cccc(Cl)c1.